The molecular formula is C16H17BrN4O2S. The highest BCUT2D eigenvalue weighted by Crippen LogP contribution is 2.30. The molecule has 0 aromatic carbocycles. The number of methoxy groups -OCH3 is 1. The van der Waals surface area contributed by atoms with Gasteiger partial charge in [0.1, 0.15) is 0 Å². The Labute approximate surface area is 152 Å². The van der Waals surface area contributed by atoms with Crippen LogP contribution in [0, 0.1) is 5.92 Å². The molecule has 0 unspecified atom stereocenters. The molecule has 0 aliphatic carbocycles. The van der Waals surface area contributed by atoms with Gasteiger partial charge in [0.15, 0.2) is 0 Å². The van der Waals surface area contributed by atoms with Gasteiger partial charge in [0, 0.05) is 31.1 Å². The first-order valence-corrected chi connectivity index (χ1v) is 9.48. The van der Waals surface area contributed by atoms with Gasteiger partial charge in [-0.05, 0) is 39.4 Å². The maximum Gasteiger partial charge on any atom is 0.232 e. The molecule has 0 spiro atoms. The number of rotatable bonds is 3. The first-order valence-electron chi connectivity index (χ1n) is 7.81. The van der Waals surface area contributed by atoms with Crippen LogP contribution in [0.3, 0.4) is 0 Å². The summed E-state index contributed by atoms with van der Waals surface area (Å²) in [7, 11) is 1.58. The lowest BCUT2D eigenvalue weighted by molar-refractivity contribution is -0.137. The van der Waals surface area contributed by atoms with Gasteiger partial charge in [-0.2, -0.15) is 4.98 Å². The van der Waals surface area contributed by atoms with Gasteiger partial charge in [0.05, 0.1) is 23.7 Å². The summed E-state index contributed by atoms with van der Waals surface area (Å²) >= 11 is 5.14. The molecule has 2 aromatic rings. The van der Waals surface area contributed by atoms with Crippen LogP contribution in [0.15, 0.2) is 22.1 Å². The minimum absolute atomic E-state index is 0.0310. The Bertz CT molecular complexity index is 775. The van der Waals surface area contributed by atoms with E-state index in [1.807, 2.05) is 9.80 Å². The fourth-order valence-corrected chi connectivity index (χ4v) is 4.37. The third-order valence-electron chi connectivity index (χ3n) is 4.53. The highest BCUT2D eigenvalue weighted by atomic mass is 79.9. The van der Waals surface area contributed by atoms with Gasteiger partial charge in [-0.25, -0.2) is 4.98 Å². The molecule has 4 rings (SSSR count). The Morgan fingerprint density at radius 2 is 2.29 bits per heavy atom. The van der Waals surface area contributed by atoms with Crippen LogP contribution < -0.4 is 9.64 Å². The molecule has 2 aliphatic rings. The minimum atomic E-state index is 0.0310. The number of amides is 1. The molecule has 8 heteroatoms. The van der Waals surface area contributed by atoms with E-state index in [2.05, 4.69) is 37.3 Å². The molecular weight excluding hydrogens is 392 g/mol. The number of aromatic nitrogens is 2. The van der Waals surface area contributed by atoms with Crippen molar-refractivity contribution in [2.24, 2.45) is 5.92 Å². The molecule has 1 saturated heterocycles. The third kappa shape index (κ3) is 2.77. The lowest BCUT2D eigenvalue weighted by atomic mass is 9.97. The molecule has 0 bridgehead atoms. The van der Waals surface area contributed by atoms with Crippen molar-refractivity contribution in [3.8, 4) is 5.88 Å². The summed E-state index contributed by atoms with van der Waals surface area (Å²) in [4.78, 5) is 26.8. The largest absolute Gasteiger partial charge is 0.480 e. The van der Waals surface area contributed by atoms with Crippen molar-refractivity contribution in [3.63, 3.8) is 0 Å². The van der Waals surface area contributed by atoms with E-state index < -0.39 is 0 Å². The van der Waals surface area contributed by atoms with Gasteiger partial charge >= 0.3 is 0 Å². The second-order valence-corrected chi connectivity index (χ2v) is 7.86. The zero-order valence-electron chi connectivity index (χ0n) is 13.2. The summed E-state index contributed by atoms with van der Waals surface area (Å²) in [6.07, 6.45) is 2.65. The number of anilines is 1. The topological polar surface area (TPSA) is 58.6 Å². The second kappa shape index (κ2) is 6.33. The van der Waals surface area contributed by atoms with Gasteiger partial charge in [0.25, 0.3) is 0 Å². The molecule has 126 valence electrons. The fourth-order valence-electron chi connectivity index (χ4n) is 3.13. The number of ether oxygens (including phenoxy) is 1. The van der Waals surface area contributed by atoms with Crippen LogP contribution in [-0.2, 0) is 17.8 Å². The number of fused-ring (bicyclic) bond motifs is 1. The van der Waals surface area contributed by atoms with E-state index in [9.17, 15) is 4.79 Å². The highest BCUT2D eigenvalue weighted by Gasteiger charge is 2.37. The predicted octanol–water partition coefficient (Wildman–Crippen LogP) is 2.33. The Morgan fingerprint density at radius 3 is 3.08 bits per heavy atom. The first kappa shape index (κ1) is 15.8. The maximum absolute atomic E-state index is 12.7. The lowest BCUT2D eigenvalue weighted by Crippen LogP contribution is -2.55. The second-order valence-electron chi connectivity index (χ2n) is 6.01. The quantitative estimate of drug-likeness (QED) is 0.779. The third-order valence-corrected chi connectivity index (χ3v) is 6.09. The van der Waals surface area contributed by atoms with E-state index in [0.29, 0.717) is 24.9 Å². The molecule has 6 nitrogen and oxygen atoms in total. The van der Waals surface area contributed by atoms with Gasteiger partial charge in [0.2, 0.25) is 17.7 Å². The zero-order chi connectivity index (χ0) is 16.7. The van der Waals surface area contributed by atoms with Crippen molar-refractivity contribution in [3.05, 3.63) is 32.6 Å². The Morgan fingerprint density at radius 1 is 1.46 bits per heavy atom. The van der Waals surface area contributed by atoms with E-state index in [-0.39, 0.29) is 11.8 Å². The van der Waals surface area contributed by atoms with E-state index in [0.717, 1.165) is 24.0 Å². The van der Waals surface area contributed by atoms with Gasteiger partial charge in [-0.3, -0.25) is 4.79 Å². The summed E-state index contributed by atoms with van der Waals surface area (Å²) in [5.41, 5.74) is 1.30. The number of carbonyl (C=O) groups excluding carboxylic acids is 1. The molecule has 0 saturated carbocycles. The van der Waals surface area contributed by atoms with Crippen molar-refractivity contribution in [1.29, 1.82) is 0 Å². The predicted molar refractivity (Wildman–Crippen MR) is 95.4 cm³/mol. The van der Waals surface area contributed by atoms with Crippen molar-refractivity contribution in [2.75, 3.05) is 31.6 Å². The fraction of sp³-hybridized carbons (Fsp3) is 0.438. The van der Waals surface area contributed by atoms with E-state index in [1.54, 1.807) is 24.6 Å². The molecule has 4 heterocycles. The Hall–Kier alpha value is -1.67. The van der Waals surface area contributed by atoms with Crippen molar-refractivity contribution < 1.29 is 9.53 Å². The summed E-state index contributed by atoms with van der Waals surface area (Å²) in [6, 6.07) is 2.13. The molecule has 2 aliphatic heterocycles. The average molecular weight is 409 g/mol. The van der Waals surface area contributed by atoms with Crippen LogP contribution in [0.4, 0.5) is 5.95 Å². The summed E-state index contributed by atoms with van der Waals surface area (Å²) in [5.74, 6) is 1.39. The van der Waals surface area contributed by atoms with Gasteiger partial charge < -0.3 is 14.5 Å². The number of hydrogen-bond donors (Lipinski definition) is 0. The smallest absolute Gasteiger partial charge is 0.232 e. The summed E-state index contributed by atoms with van der Waals surface area (Å²) in [6.45, 7) is 2.90. The number of nitrogens with zero attached hydrogens (tertiary/aromatic N) is 4. The molecule has 0 atom stereocenters. The average Bonchev–Trinajstić information content (AvgIpc) is 3.02. The minimum Gasteiger partial charge on any atom is -0.480 e. The monoisotopic (exact) mass is 408 g/mol. The van der Waals surface area contributed by atoms with Crippen molar-refractivity contribution in [1.82, 2.24) is 14.9 Å². The van der Waals surface area contributed by atoms with Crippen LogP contribution in [0.25, 0.3) is 0 Å². The zero-order valence-corrected chi connectivity index (χ0v) is 15.6. The van der Waals surface area contributed by atoms with Crippen LogP contribution in [-0.4, -0.2) is 47.5 Å². The Balaban J connectivity index is 1.38. The van der Waals surface area contributed by atoms with E-state index in [1.165, 1.54) is 10.4 Å². The standard InChI is InChI=1S/C16H17BrN4O2S/c1-23-14-12(17)6-18-16(19-14)21-8-11(9-21)15(22)20-4-2-13-10(7-20)3-5-24-13/h3,5-6,11H,2,4,7-9H2,1H3. The normalized spacial score (nSPS) is 17.4. The number of carbonyl (C=O) groups is 1. The van der Waals surface area contributed by atoms with Crippen LogP contribution >= 0.6 is 27.3 Å². The molecule has 2 aromatic heterocycles. The molecule has 0 radical (unpaired) electrons. The molecule has 24 heavy (non-hydrogen) atoms. The number of halogens is 1. The summed E-state index contributed by atoms with van der Waals surface area (Å²) in [5, 5.41) is 2.11. The number of thiophene rings is 1. The van der Waals surface area contributed by atoms with Crippen molar-refractivity contribution >= 4 is 39.1 Å². The van der Waals surface area contributed by atoms with E-state index >= 15 is 0 Å². The van der Waals surface area contributed by atoms with Crippen molar-refractivity contribution in [2.45, 2.75) is 13.0 Å². The highest BCUT2D eigenvalue weighted by molar-refractivity contribution is 9.10. The van der Waals surface area contributed by atoms with Gasteiger partial charge in [-0.15, -0.1) is 11.3 Å². The maximum atomic E-state index is 12.7. The van der Waals surface area contributed by atoms with Crippen LogP contribution in [0.2, 0.25) is 0 Å². The first-order chi connectivity index (χ1) is 11.7. The SMILES string of the molecule is COc1nc(N2CC(C(=O)N3CCc4sccc4C3)C2)ncc1Br. The van der Waals surface area contributed by atoms with Gasteiger partial charge in [-0.1, -0.05) is 0 Å². The molecule has 1 fully saturated rings. The van der Waals surface area contributed by atoms with E-state index in [4.69, 9.17) is 4.74 Å². The number of hydrogen-bond acceptors (Lipinski definition) is 6. The van der Waals surface area contributed by atoms with Crippen LogP contribution in [0.5, 0.6) is 5.88 Å². The lowest BCUT2D eigenvalue weighted by Gasteiger charge is -2.41. The Kier molecular flexibility index (Phi) is 4.17. The van der Waals surface area contributed by atoms with Crippen LogP contribution in [0.1, 0.15) is 10.4 Å². The molecule has 0 N–H and O–H groups in total. The molecule has 1 amide bonds. The summed E-state index contributed by atoms with van der Waals surface area (Å²) < 4.78 is 5.92.